The van der Waals surface area contributed by atoms with Gasteiger partial charge in [0, 0.05) is 32.8 Å². The lowest BCUT2D eigenvalue weighted by atomic mass is 9.86. The van der Waals surface area contributed by atoms with Gasteiger partial charge in [0.1, 0.15) is 0 Å². The highest BCUT2D eigenvalue weighted by Gasteiger charge is 2.26. The van der Waals surface area contributed by atoms with Crippen molar-refractivity contribution in [2.75, 3.05) is 27.7 Å². The molecule has 0 heterocycles. The highest BCUT2D eigenvalue weighted by molar-refractivity contribution is 5.74. The molecule has 0 aromatic heterocycles. The van der Waals surface area contributed by atoms with E-state index >= 15 is 0 Å². The normalized spacial score (nSPS) is 20.9. The van der Waals surface area contributed by atoms with Crippen LogP contribution in [0.2, 0.25) is 0 Å². The summed E-state index contributed by atoms with van der Waals surface area (Å²) in [6, 6.07) is 8.51. The summed E-state index contributed by atoms with van der Waals surface area (Å²) in [5.41, 5.74) is 2.41. The first kappa shape index (κ1) is 18.7. The molecule has 0 aliphatic heterocycles. The molecule has 2 amide bonds. The molecule has 1 aromatic rings. The lowest BCUT2D eigenvalue weighted by Gasteiger charge is -2.34. The van der Waals surface area contributed by atoms with E-state index in [1.54, 1.807) is 0 Å². The van der Waals surface area contributed by atoms with Gasteiger partial charge in [-0.05, 0) is 56.8 Å². The quantitative estimate of drug-likeness (QED) is 0.841. The second kappa shape index (κ2) is 9.04. The van der Waals surface area contributed by atoms with Crippen molar-refractivity contribution in [1.29, 1.82) is 0 Å². The maximum Gasteiger partial charge on any atom is 0.317 e. The molecule has 0 unspecified atom stereocenters. The van der Waals surface area contributed by atoms with E-state index in [0.29, 0.717) is 12.5 Å². The summed E-state index contributed by atoms with van der Waals surface area (Å²) >= 11 is 0. The van der Waals surface area contributed by atoms with Crippen molar-refractivity contribution in [3.8, 4) is 0 Å². The molecule has 24 heavy (non-hydrogen) atoms. The number of rotatable bonds is 6. The molecule has 1 fully saturated rings. The molecule has 2 rings (SSSR count). The van der Waals surface area contributed by atoms with Crippen LogP contribution in [0, 0.1) is 5.92 Å². The van der Waals surface area contributed by atoms with E-state index in [1.165, 1.54) is 5.56 Å². The van der Waals surface area contributed by atoms with Gasteiger partial charge >= 0.3 is 6.03 Å². The molecule has 1 aliphatic rings. The Morgan fingerprint density at radius 1 is 1.12 bits per heavy atom. The topological polar surface area (TPSA) is 55.8 Å². The number of carbonyl (C=O) groups excluding carboxylic acids is 1. The number of nitrogens with one attached hydrogen (secondary N) is 1. The van der Waals surface area contributed by atoms with Crippen LogP contribution in [0.25, 0.3) is 0 Å². The second-order valence-corrected chi connectivity index (χ2v) is 7.13. The van der Waals surface area contributed by atoms with Crippen LogP contribution in [-0.4, -0.2) is 54.7 Å². The van der Waals surface area contributed by atoms with Gasteiger partial charge in [0.15, 0.2) is 0 Å². The van der Waals surface area contributed by atoms with E-state index in [0.717, 1.165) is 37.8 Å². The maximum atomic E-state index is 12.5. The summed E-state index contributed by atoms with van der Waals surface area (Å²) in [6.07, 6.45) is 3.97. The molecule has 1 aliphatic carbocycles. The van der Waals surface area contributed by atoms with Crippen LogP contribution in [0.4, 0.5) is 4.79 Å². The van der Waals surface area contributed by atoms with E-state index in [1.807, 2.05) is 38.2 Å². The zero-order valence-corrected chi connectivity index (χ0v) is 15.2. The molecule has 0 spiro atoms. The van der Waals surface area contributed by atoms with Crippen molar-refractivity contribution >= 4 is 6.03 Å². The average Bonchev–Trinajstić information content (AvgIpc) is 2.59. The van der Waals surface area contributed by atoms with Crippen LogP contribution in [0.1, 0.15) is 36.8 Å². The van der Waals surface area contributed by atoms with Crippen LogP contribution in [0.3, 0.4) is 0 Å². The molecule has 5 nitrogen and oxygen atoms in total. The van der Waals surface area contributed by atoms with Gasteiger partial charge in [0.25, 0.3) is 0 Å². The molecule has 0 radical (unpaired) electrons. The predicted molar refractivity (Wildman–Crippen MR) is 96.7 cm³/mol. The van der Waals surface area contributed by atoms with E-state index in [2.05, 4.69) is 22.3 Å². The lowest BCUT2D eigenvalue weighted by Crippen LogP contribution is -2.45. The minimum absolute atomic E-state index is 0.0119. The second-order valence-electron chi connectivity index (χ2n) is 7.13. The first-order valence-electron chi connectivity index (χ1n) is 8.84. The van der Waals surface area contributed by atoms with Gasteiger partial charge in [-0.1, -0.05) is 24.3 Å². The first-order valence-corrected chi connectivity index (χ1v) is 8.84. The van der Waals surface area contributed by atoms with Crippen molar-refractivity contribution in [3.63, 3.8) is 0 Å². The van der Waals surface area contributed by atoms with Gasteiger partial charge in [-0.3, -0.25) is 0 Å². The molecule has 0 atom stereocenters. The van der Waals surface area contributed by atoms with E-state index in [4.69, 9.17) is 0 Å². The zero-order chi connectivity index (χ0) is 17.5. The summed E-state index contributed by atoms with van der Waals surface area (Å²) in [6.45, 7) is 1.69. The smallest absolute Gasteiger partial charge is 0.317 e. The van der Waals surface area contributed by atoms with Crippen LogP contribution >= 0.6 is 0 Å². The molecule has 0 bridgehead atoms. The van der Waals surface area contributed by atoms with E-state index in [9.17, 15) is 9.90 Å². The summed E-state index contributed by atoms with van der Waals surface area (Å²) in [5, 5.41) is 12.3. The number of hydrogen-bond donors (Lipinski definition) is 2. The van der Waals surface area contributed by atoms with Crippen molar-refractivity contribution in [3.05, 3.63) is 35.4 Å². The highest BCUT2D eigenvalue weighted by atomic mass is 16.3. The predicted octanol–water partition coefficient (Wildman–Crippen LogP) is 2.44. The minimum atomic E-state index is -0.0119. The van der Waals surface area contributed by atoms with Crippen LogP contribution < -0.4 is 5.32 Å². The highest BCUT2D eigenvalue weighted by Crippen LogP contribution is 2.26. The summed E-state index contributed by atoms with van der Waals surface area (Å²) in [4.78, 5) is 16.4. The van der Waals surface area contributed by atoms with Crippen molar-refractivity contribution in [1.82, 2.24) is 15.1 Å². The zero-order valence-electron chi connectivity index (χ0n) is 15.2. The Labute approximate surface area is 145 Å². The Kier molecular flexibility index (Phi) is 7.06. The minimum Gasteiger partial charge on any atom is -0.396 e. The number of carbonyl (C=O) groups is 1. The molecule has 1 saturated carbocycles. The average molecular weight is 333 g/mol. The number of hydrogen-bond acceptors (Lipinski definition) is 3. The van der Waals surface area contributed by atoms with E-state index in [-0.39, 0.29) is 18.7 Å². The molecule has 5 heteroatoms. The Bertz CT molecular complexity index is 525. The molecular weight excluding hydrogens is 302 g/mol. The number of benzene rings is 1. The SMILES string of the molecule is CN(C)Cc1ccccc1CNC(=O)N(C)C1CCC(CO)CC1. The molecular formula is C19H31N3O2. The van der Waals surface area contributed by atoms with Gasteiger partial charge in [0.2, 0.25) is 0 Å². The molecule has 134 valence electrons. The van der Waals surface area contributed by atoms with Gasteiger partial charge in [-0.15, -0.1) is 0 Å². The Morgan fingerprint density at radius 3 is 2.33 bits per heavy atom. The van der Waals surface area contributed by atoms with Gasteiger partial charge < -0.3 is 20.2 Å². The Morgan fingerprint density at radius 2 is 1.75 bits per heavy atom. The number of urea groups is 1. The molecule has 2 N–H and O–H groups in total. The number of amides is 2. The van der Waals surface area contributed by atoms with Crippen LogP contribution in [0.15, 0.2) is 24.3 Å². The number of aliphatic hydroxyl groups excluding tert-OH is 1. The van der Waals surface area contributed by atoms with Gasteiger partial charge in [-0.25, -0.2) is 4.79 Å². The van der Waals surface area contributed by atoms with Gasteiger partial charge in [-0.2, -0.15) is 0 Å². The molecule has 1 aromatic carbocycles. The largest absolute Gasteiger partial charge is 0.396 e. The fraction of sp³-hybridized carbons (Fsp3) is 0.632. The number of nitrogens with zero attached hydrogens (tertiary/aromatic N) is 2. The number of aliphatic hydroxyl groups is 1. The van der Waals surface area contributed by atoms with Crippen molar-refractivity contribution in [2.45, 2.75) is 44.8 Å². The van der Waals surface area contributed by atoms with Crippen LogP contribution in [-0.2, 0) is 13.1 Å². The summed E-state index contributed by atoms with van der Waals surface area (Å²) < 4.78 is 0. The van der Waals surface area contributed by atoms with Crippen molar-refractivity contribution < 1.29 is 9.90 Å². The summed E-state index contributed by atoms with van der Waals surface area (Å²) in [7, 11) is 5.97. The van der Waals surface area contributed by atoms with Gasteiger partial charge in [0.05, 0.1) is 0 Å². The Hall–Kier alpha value is -1.59. The van der Waals surface area contributed by atoms with Crippen LogP contribution in [0.5, 0.6) is 0 Å². The monoisotopic (exact) mass is 333 g/mol. The standard InChI is InChI=1S/C19H31N3O2/c1-21(2)13-17-7-5-4-6-16(17)12-20-19(24)22(3)18-10-8-15(14-23)9-11-18/h4-7,15,18,23H,8-14H2,1-3H3,(H,20,24). The Balaban J connectivity index is 1.87. The third kappa shape index (κ3) is 5.21. The summed E-state index contributed by atoms with van der Waals surface area (Å²) in [5.74, 6) is 0.413. The fourth-order valence-electron chi connectivity index (χ4n) is 3.40. The van der Waals surface area contributed by atoms with E-state index < -0.39 is 0 Å². The lowest BCUT2D eigenvalue weighted by molar-refractivity contribution is 0.134. The molecule has 0 saturated heterocycles. The first-order chi connectivity index (χ1) is 11.5. The van der Waals surface area contributed by atoms with Crippen molar-refractivity contribution in [2.24, 2.45) is 5.92 Å². The third-order valence-electron chi connectivity index (χ3n) is 4.98. The fourth-order valence-corrected chi connectivity index (χ4v) is 3.40. The maximum absolute atomic E-state index is 12.5. The third-order valence-corrected chi connectivity index (χ3v) is 4.98.